The van der Waals surface area contributed by atoms with Gasteiger partial charge in [-0.25, -0.2) is 9.97 Å². The minimum absolute atomic E-state index is 0.0750. The summed E-state index contributed by atoms with van der Waals surface area (Å²) in [4.78, 5) is 31.0. The van der Waals surface area contributed by atoms with Crippen molar-refractivity contribution in [3.8, 4) is 5.75 Å². The second-order valence-corrected chi connectivity index (χ2v) is 6.03. The summed E-state index contributed by atoms with van der Waals surface area (Å²) < 4.78 is 5.23. The molecule has 1 amide bonds. The Morgan fingerprint density at radius 2 is 1.90 bits per heavy atom. The molecule has 10 nitrogen and oxygen atoms in total. The summed E-state index contributed by atoms with van der Waals surface area (Å²) in [5.41, 5.74) is 5.11. The summed E-state index contributed by atoms with van der Waals surface area (Å²) in [5, 5.41) is 14.9. The summed E-state index contributed by atoms with van der Waals surface area (Å²) in [5.74, 6) is -0.337. The Hall–Kier alpha value is -3.92. The maximum absolute atomic E-state index is 12.2. The molecule has 29 heavy (non-hydrogen) atoms. The number of para-hydroxylation sites is 2. The largest absolute Gasteiger partial charge is 0.495 e. The number of nitrogens with one attached hydrogen (secondary N) is 3. The molecule has 0 unspecified atom stereocenters. The third-order valence-electron chi connectivity index (χ3n) is 3.75. The molecule has 3 N–H and O–H groups in total. The lowest BCUT2D eigenvalue weighted by Gasteiger charge is -2.12. The van der Waals surface area contributed by atoms with Crippen LogP contribution in [-0.4, -0.2) is 27.9 Å². The van der Waals surface area contributed by atoms with Crippen LogP contribution in [0.1, 0.15) is 10.4 Å². The molecule has 0 atom stereocenters. The fourth-order valence-corrected chi connectivity index (χ4v) is 2.62. The number of nitro groups is 1. The zero-order chi connectivity index (χ0) is 20.8. The third kappa shape index (κ3) is 4.68. The molecular formula is C18H15ClN6O4. The smallest absolute Gasteiger partial charge is 0.355 e. The number of hydrazine groups is 1. The Morgan fingerprint density at radius 1 is 1.14 bits per heavy atom. The van der Waals surface area contributed by atoms with E-state index in [1.807, 2.05) is 0 Å². The lowest BCUT2D eigenvalue weighted by Crippen LogP contribution is -2.30. The number of halogens is 1. The predicted molar refractivity (Wildman–Crippen MR) is 108 cm³/mol. The molecule has 0 saturated carbocycles. The van der Waals surface area contributed by atoms with Gasteiger partial charge in [-0.2, -0.15) is 0 Å². The van der Waals surface area contributed by atoms with Gasteiger partial charge in [0.2, 0.25) is 11.6 Å². The molecule has 0 fully saturated rings. The Labute approximate surface area is 170 Å². The Balaban J connectivity index is 1.85. The van der Waals surface area contributed by atoms with Gasteiger partial charge >= 0.3 is 5.69 Å². The van der Waals surface area contributed by atoms with Gasteiger partial charge in [0, 0.05) is 10.6 Å². The highest BCUT2D eigenvalue weighted by atomic mass is 35.5. The molecule has 0 aliphatic heterocycles. The van der Waals surface area contributed by atoms with Gasteiger partial charge in [0.05, 0.1) is 17.7 Å². The van der Waals surface area contributed by atoms with E-state index in [0.29, 0.717) is 16.5 Å². The maximum atomic E-state index is 12.2. The molecule has 148 valence electrons. The first-order chi connectivity index (χ1) is 14.0. The van der Waals surface area contributed by atoms with Gasteiger partial charge in [-0.1, -0.05) is 29.8 Å². The van der Waals surface area contributed by atoms with E-state index in [1.54, 1.807) is 42.5 Å². The van der Waals surface area contributed by atoms with Crippen molar-refractivity contribution >= 4 is 40.5 Å². The van der Waals surface area contributed by atoms with Crippen LogP contribution < -0.4 is 20.9 Å². The summed E-state index contributed by atoms with van der Waals surface area (Å²) in [7, 11) is 1.48. The molecule has 0 saturated heterocycles. The van der Waals surface area contributed by atoms with Crippen LogP contribution in [0.5, 0.6) is 5.75 Å². The number of ether oxygens (including phenoxy) is 1. The highest BCUT2D eigenvalue weighted by Gasteiger charge is 2.24. The number of carbonyl (C=O) groups excluding carboxylic acids is 1. The number of amides is 1. The minimum Gasteiger partial charge on any atom is -0.495 e. The third-order valence-corrected chi connectivity index (χ3v) is 3.98. The lowest BCUT2D eigenvalue weighted by molar-refractivity contribution is -0.383. The molecule has 0 spiro atoms. The molecule has 2 aromatic carbocycles. The van der Waals surface area contributed by atoms with Crippen molar-refractivity contribution in [2.75, 3.05) is 17.9 Å². The van der Waals surface area contributed by atoms with Crippen molar-refractivity contribution in [1.82, 2.24) is 15.4 Å². The van der Waals surface area contributed by atoms with Gasteiger partial charge in [0.1, 0.15) is 12.1 Å². The molecule has 11 heteroatoms. The predicted octanol–water partition coefficient (Wildman–Crippen LogP) is 3.55. The summed E-state index contributed by atoms with van der Waals surface area (Å²) in [6.07, 6.45) is 1.12. The number of nitrogens with zero attached hydrogens (tertiary/aromatic N) is 3. The number of aromatic nitrogens is 2. The summed E-state index contributed by atoms with van der Waals surface area (Å²) in [6, 6.07) is 13.1. The highest BCUT2D eigenvalue weighted by molar-refractivity contribution is 6.30. The van der Waals surface area contributed by atoms with E-state index in [0.717, 1.165) is 6.33 Å². The molecule has 0 radical (unpaired) electrons. The van der Waals surface area contributed by atoms with Crippen molar-refractivity contribution in [2.24, 2.45) is 0 Å². The van der Waals surface area contributed by atoms with Crippen molar-refractivity contribution < 1.29 is 14.5 Å². The Kier molecular flexibility index (Phi) is 6.05. The first-order valence-corrected chi connectivity index (χ1v) is 8.58. The van der Waals surface area contributed by atoms with Crippen LogP contribution in [0.3, 0.4) is 0 Å². The van der Waals surface area contributed by atoms with E-state index in [4.69, 9.17) is 16.3 Å². The second kappa shape index (κ2) is 8.85. The topological polar surface area (TPSA) is 131 Å². The van der Waals surface area contributed by atoms with E-state index >= 15 is 0 Å². The van der Waals surface area contributed by atoms with Gasteiger partial charge in [0.25, 0.3) is 5.91 Å². The molecular weight excluding hydrogens is 400 g/mol. The minimum atomic E-state index is -0.661. The molecule has 3 aromatic rings. The van der Waals surface area contributed by atoms with Crippen molar-refractivity contribution in [1.29, 1.82) is 0 Å². The normalized spacial score (nSPS) is 10.1. The standard InChI is InChI=1S/C18H15ClN6O4/c1-29-14-8-3-2-7-13(14)22-16-15(25(27)28)17(21-10-20-16)23-24-18(26)11-5-4-6-12(19)9-11/h2-10H,1H3,(H,24,26)(H2,20,21,22,23). The van der Waals surface area contributed by atoms with E-state index in [1.165, 1.54) is 13.2 Å². The number of rotatable bonds is 7. The van der Waals surface area contributed by atoms with Crippen molar-refractivity contribution in [2.45, 2.75) is 0 Å². The zero-order valence-corrected chi connectivity index (χ0v) is 15.8. The first kappa shape index (κ1) is 19.8. The average molecular weight is 415 g/mol. The van der Waals surface area contributed by atoms with Gasteiger partial charge < -0.3 is 10.1 Å². The zero-order valence-electron chi connectivity index (χ0n) is 15.0. The number of hydrogen-bond donors (Lipinski definition) is 3. The fourth-order valence-electron chi connectivity index (χ4n) is 2.43. The molecule has 0 aliphatic carbocycles. The molecule has 3 rings (SSSR count). The molecule has 1 heterocycles. The number of anilines is 3. The van der Waals surface area contributed by atoms with Crippen LogP contribution in [0.25, 0.3) is 0 Å². The van der Waals surface area contributed by atoms with Crippen LogP contribution in [-0.2, 0) is 0 Å². The van der Waals surface area contributed by atoms with Crippen LogP contribution >= 0.6 is 11.6 Å². The average Bonchev–Trinajstić information content (AvgIpc) is 2.72. The fraction of sp³-hybridized carbons (Fsp3) is 0.0556. The number of hydrogen-bond acceptors (Lipinski definition) is 8. The lowest BCUT2D eigenvalue weighted by atomic mass is 10.2. The molecule has 0 bridgehead atoms. The number of benzene rings is 2. The van der Waals surface area contributed by atoms with Crippen molar-refractivity contribution in [3.05, 3.63) is 75.6 Å². The van der Waals surface area contributed by atoms with Gasteiger partial charge in [-0.05, 0) is 30.3 Å². The molecule has 0 aliphatic rings. The van der Waals surface area contributed by atoms with Crippen LogP contribution in [0.15, 0.2) is 54.9 Å². The van der Waals surface area contributed by atoms with E-state index in [-0.39, 0.29) is 17.2 Å². The van der Waals surface area contributed by atoms with Crippen molar-refractivity contribution in [3.63, 3.8) is 0 Å². The summed E-state index contributed by atoms with van der Waals surface area (Å²) >= 11 is 5.87. The quantitative estimate of drug-likeness (QED) is 0.395. The SMILES string of the molecule is COc1ccccc1Nc1ncnc(NNC(=O)c2cccc(Cl)c2)c1[N+](=O)[O-]. The Bertz CT molecular complexity index is 1060. The first-order valence-electron chi connectivity index (χ1n) is 8.21. The van der Waals surface area contributed by atoms with E-state index in [2.05, 4.69) is 26.1 Å². The van der Waals surface area contributed by atoms with E-state index < -0.39 is 16.5 Å². The Morgan fingerprint density at radius 3 is 2.62 bits per heavy atom. The second-order valence-electron chi connectivity index (χ2n) is 5.59. The summed E-state index contributed by atoms with van der Waals surface area (Å²) in [6.45, 7) is 0. The van der Waals surface area contributed by atoms with Crippen LogP contribution in [0.4, 0.5) is 23.0 Å². The monoisotopic (exact) mass is 414 g/mol. The van der Waals surface area contributed by atoms with Gasteiger partial charge in [-0.15, -0.1) is 0 Å². The highest BCUT2D eigenvalue weighted by Crippen LogP contribution is 2.33. The van der Waals surface area contributed by atoms with Gasteiger partial charge in [-0.3, -0.25) is 25.8 Å². The van der Waals surface area contributed by atoms with Crippen LogP contribution in [0.2, 0.25) is 5.02 Å². The molecule has 1 aromatic heterocycles. The number of methoxy groups -OCH3 is 1. The van der Waals surface area contributed by atoms with E-state index in [9.17, 15) is 14.9 Å². The van der Waals surface area contributed by atoms with Crippen LogP contribution in [0, 0.1) is 10.1 Å². The number of carbonyl (C=O) groups is 1. The maximum Gasteiger partial charge on any atom is 0.355 e. The van der Waals surface area contributed by atoms with Gasteiger partial charge in [0.15, 0.2) is 0 Å².